The molecule has 0 aliphatic heterocycles. The van der Waals surface area contributed by atoms with Crippen molar-refractivity contribution >= 4 is 5.91 Å². The highest BCUT2D eigenvalue weighted by atomic mass is 16.5. The molecular formula is C10H16N2O3. The molecule has 1 fully saturated rings. The van der Waals surface area contributed by atoms with Crippen molar-refractivity contribution in [3.05, 3.63) is 0 Å². The molecule has 0 aromatic rings. The third-order valence-electron chi connectivity index (χ3n) is 2.52. The normalized spacial score (nSPS) is 19.0. The van der Waals surface area contributed by atoms with Crippen LogP contribution in [0, 0.1) is 16.7 Å². The molecule has 0 spiro atoms. The van der Waals surface area contributed by atoms with Crippen LogP contribution in [0.4, 0.5) is 0 Å². The summed E-state index contributed by atoms with van der Waals surface area (Å²) in [6.07, 6.45) is 1.18. The predicted molar refractivity (Wildman–Crippen MR) is 52.8 cm³/mol. The summed E-state index contributed by atoms with van der Waals surface area (Å²) in [7, 11) is 1.51. The summed E-state index contributed by atoms with van der Waals surface area (Å²) in [5.41, 5.74) is -0.772. The molecule has 1 atom stereocenters. The smallest absolute Gasteiger partial charge is 0.240 e. The number of carbonyl (C=O) groups excluding carboxylic acids is 1. The fraction of sp³-hybridized carbons (Fsp3) is 0.800. The predicted octanol–water partition coefficient (Wildman–Crippen LogP) is -0.196. The Morgan fingerprint density at radius 1 is 1.73 bits per heavy atom. The van der Waals surface area contributed by atoms with Crippen LogP contribution in [-0.4, -0.2) is 37.4 Å². The number of aliphatic hydroxyl groups excluding tert-OH is 1. The Balaban J connectivity index is 2.16. The van der Waals surface area contributed by atoms with Gasteiger partial charge >= 0.3 is 0 Å². The van der Waals surface area contributed by atoms with E-state index in [0.29, 0.717) is 25.8 Å². The Labute approximate surface area is 89.0 Å². The number of nitriles is 1. The van der Waals surface area contributed by atoms with Crippen LogP contribution in [0.3, 0.4) is 0 Å². The number of carbonyl (C=O) groups is 1. The molecule has 1 aliphatic carbocycles. The van der Waals surface area contributed by atoms with Crippen LogP contribution in [0.25, 0.3) is 0 Å². The summed E-state index contributed by atoms with van der Waals surface area (Å²) >= 11 is 0. The van der Waals surface area contributed by atoms with Gasteiger partial charge in [-0.1, -0.05) is 0 Å². The van der Waals surface area contributed by atoms with Crippen molar-refractivity contribution in [2.24, 2.45) is 5.41 Å². The number of aliphatic hydroxyl groups is 1. The van der Waals surface area contributed by atoms with Crippen molar-refractivity contribution in [1.82, 2.24) is 5.32 Å². The van der Waals surface area contributed by atoms with Crippen LogP contribution in [-0.2, 0) is 9.53 Å². The molecule has 5 nitrogen and oxygen atoms in total. The van der Waals surface area contributed by atoms with E-state index >= 15 is 0 Å². The van der Waals surface area contributed by atoms with E-state index in [9.17, 15) is 9.90 Å². The monoisotopic (exact) mass is 212 g/mol. The quantitative estimate of drug-likeness (QED) is 0.639. The number of hydrogen-bond donors (Lipinski definition) is 2. The zero-order valence-electron chi connectivity index (χ0n) is 8.82. The lowest BCUT2D eigenvalue weighted by Gasteiger charge is -2.11. The Kier molecular flexibility index (Phi) is 4.06. The molecule has 84 valence electrons. The van der Waals surface area contributed by atoms with Gasteiger partial charge in [0.15, 0.2) is 0 Å². The van der Waals surface area contributed by atoms with Crippen molar-refractivity contribution < 1.29 is 14.6 Å². The van der Waals surface area contributed by atoms with Gasteiger partial charge in [0.2, 0.25) is 5.91 Å². The van der Waals surface area contributed by atoms with E-state index in [1.807, 2.05) is 6.07 Å². The summed E-state index contributed by atoms with van der Waals surface area (Å²) in [5.74, 6) is -0.213. The highest BCUT2D eigenvalue weighted by Crippen LogP contribution is 2.44. The van der Waals surface area contributed by atoms with E-state index in [-0.39, 0.29) is 12.5 Å². The fourth-order valence-corrected chi connectivity index (χ4v) is 1.31. The highest BCUT2D eigenvalue weighted by molar-refractivity contribution is 5.88. The van der Waals surface area contributed by atoms with Crippen molar-refractivity contribution in [2.75, 3.05) is 20.3 Å². The minimum absolute atomic E-state index is 0.213. The molecule has 1 rings (SSSR count). The minimum Gasteiger partial charge on any atom is -0.391 e. The maximum atomic E-state index is 11.5. The zero-order chi connectivity index (χ0) is 11.3. The molecule has 0 saturated heterocycles. The first-order chi connectivity index (χ1) is 7.14. The van der Waals surface area contributed by atoms with E-state index in [1.54, 1.807) is 0 Å². The molecular weight excluding hydrogens is 196 g/mol. The maximum absolute atomic E-state index is 11.5. The second-order valence-electron chi connectivity index (χ2n) is 3.85. The molecule has 1 amide bonds. The van der Waals surface area contributed by atoms with Crippen molar-refractivity contribution in [3.8, 4) is 6.07 Å². The summed E-state index contributed by atoms with van der Waals surface area (Å²) < 4.78 is 4.75. The largest absolute Gasteiger partial charge is 0.391 e. The van der Waals surface area contributed by atoms with Gasteiger partial charge in [0.25, 0.3) is 0 Å². The van der Waals surface area contributed by atoms with Crippen LogP contribution in [0.2, 0.25) is 0 Å². The van der Waals surface area contributed by atoms with Crippen molar-refractivity contribution in [2.45, 2.75) is 25.4 Å². The molecule has 2 N–H and O–H groups in total. The molecule has 5 heteroatoms. The summed E-state index contributed by atoms with van der Waals surface area (Å²) in [6, 6.07) is 2.02. The van der Waals surface area contributed by atoms with E-state index < -0.39 is 11.5 Å². The highest BCUT2D eigenvalue weighted by Gasteiger charge is 2.50. The molecule has 0 heterocycles. The Hall–Kier alpha value is -1.12. The van der Waals surface area contributed by atoms with E-state index in [1.165, 1.54) is 7.11 Å². The Bertz CT molecular complexity index is 268. The SMILES string of the molecule is COCC(O)CCNC(=O)C1(C#N)CC1. The number of nitrogens with zero attached hydrogens (tertiary/aromatic N) is 1. The summed E-state index contributed by atoms with van der Waals surface area (Å²) in [5, 5.41) is 20.7. The average molecular weight is 212 g/mol. The van der Waals surface area contributed by atoms with Gasteiger partial charge in [-0.3, -0.25) is 4.79 Å². The Morgan fingerprint density at radius 3 is 2.87 bits per heavy atom. The van der Waals surface area contributed by atoms with Crippen LogP contribution in [0.1, 0.15) is 19.3 Å². The third-order valence-corrected chi connectivity index (χ3v) is 2.52. The fourth-order valence-electron chi connectivity index (χ4n) is 1.31. The summed E-state index contributed by atoms with van der Waals surface area (Å²) in [4.78, 5) is 11.5. The van der Waals surface area contributed by atoms with Gasteiger partial charge in [0.05, 0.1) is 18.8 Å². The van der Waals surface area contributed by atoms with Crippen LogP contribution in [0.5, 0.6) is 0 Å². The molecule has 0 radical (unpaired) electrons. The zero-order valence-corrected chi connectivity index (χ0v) is 8.82. The number of nitrogens with one attached hydrogen (secondary N) is 1. The van der Waals surface area contributed by atoms with Gasteiger partial charge in [-0.25, -0.2) is 0 Å². The lowest BCUT2D eigenvalue weighted by molar-refractivity contribution is -0.124. The van der Waals surface area contributed by atoms with Gasteiger partial charge in [-0.2, -0.15) is 5.26 Å². The molecule has 0 aromatic carbocycles. The van der Waals surface area contributed by atoms with Gasteiger partial charge in [0, 0.05) is 13.7 Å². The first-order valence-electron chi connectivity index (χ1n) is 5.01. The third kappa shape index (κ3) is 3.18. The van der Waals surface area contributed by atoms with Crippen LogP contribution < -0.4 is 5.32 Å². The van der Waals surface area contributed by atoms with Crippen LogP contribution >= 0.6 is 0 Å². The van der Waals surface area contributed by atoms with Crippen molar-refractivity contribution in [1.29, 1.82) is 5.26 Å². The first kappa shape index (κ1) is 12.0. The van der Waals surface area contributed by atoms with E-state index in [2.05, 4.69) is 5.32 Å². The second kappa shape index (κ2) is 5.10. The second-order valence-corrected chi connectivity index (χ2v) is 3.85. The topological polar surface area (TPSA) is 82.3 Å². The number of methoxy groups -OCH3 is 1. The molecule has 1 saturated carbocycles. The van der Waals surface area contributed by atoms with Gasteiger partial charge in [-0.05, 0) is 19.3 Å². The average Bonchev–Trinajstić information content (AvgIpc) is 2.98. The van der Waals surface area contributed by atoms with E-state index in [4.69, 9.17) is 10.00 Å². The number of amides is 1. The molecule has 1 aliphatic rings. The minimum atomic E-state index is -0.772. The standard InChI is InChI=1S/C10H16N2O3/c1-15-6-8(13)2-5-12-9(14)10(7-11)3-4-10/h8,13H,2-6H2,1H3,(H,12,14). The van der Waals surface area contributed by atoms with Crippen LogP contribution in [0.15, 0.2) is 0 Å². The lowest BCUT2D eigenvalue weighted by atomic mass is 10.1. The molecule has 0 aromatic heterocycles. The van der Waals surface area contributed by atoms with Gasteiger partial charge in [0.1, 0.15) is 5.41 Å². The number of rotatable bonds is 6. The Morgan fingerprint density at radius 2 is 2.40 bits per heavy atom. The number of ether oxygens (including phenoxy) is 1. The van der Waals surface area contributed by atoms with Gasteiger partial charge in [-0.15, -0.1) is 0 Å². The maximum Gasteiger partial charge on any atom is 0.240 e. The summed E-state index contributed by atoms with van der Waals surface area (Å²) in [6.45, 7) is 0.645. The first-order valence-corrected chi connectivity index (χ1v) is 5.01. The molecule has 0 bridgehead atoms. The van der Waals surface area contributed by atoms with E-state index in [0.717, 1.165) is 0 Å². The number of hydrogen-bond acceptors (Lipinski definition) is 4. The van der Waals surface area contributed by atoms with Gasteiger partial charge < -0.3 is 15.2 Å². The molecule has 1 unspecified atom stereocenters. The van der Waals surface area contributed by atoms with Crippen molar-refractivity contribution in [3.63, 3.8) is 0 Å². The lowest BCUT2D eigenvalue weighted by Crippen LogP contribution is -2.33. The molecule has 15 heavy (non-hydrogen) atoms.